The van der Waals surface area contributed by atoms with Crippen molar-refractivity contribution in [1.29, 1.82) is 0 Å². The van der Waals surface area contributed by atoms with Gasteiger partial charge in [0, 0.05) is 23.5 Å². The fourth-order valence-corrected chi connectivity index (χ4v) is 2.00. The van der Waals surface area contributed by atoms with Crippen molar-refractivity contribution < 1.29 is 13.9 Å². The lowest BCUT2D eigenvalue weighted by Gasteiger charge is -2.07. The molecule has 0 spiro atoms. The average Bonchev–Trinajstić information content (AvgIpc) is 2.94. The number of rotatable bonds is 2. The summed E-state index contributed by atoms with van der Waals surface area (Å²) in [7, 11) is 1.35. The second-order valence-electron chi connectivity index (χ2n) is 3.92. The molecule has 0 aliphatic rings. The summed E-state index contributed by atoms with van der Waals surface area (Å²) in [5.41, 5.74) is 3.24. The van der Waals surface area contributed by atoms with Gasteiger partial charge in [-0.15, -0.1) is 0 Å². The highest BCUT2D eigenvalue weighted by molar-refractivity contribution is 6.01. The summed E-state index contributed by atoms with van der Waals surface area (Å²) in [6, 6.07) is 7.18. The maximum atomic E-state index is 11.8. The maximum absolute atomic E-state index is 11.8. The Hall–Kier alpha value is -2.69. The average molecular weight is 254 g/mol. The van der Waals surface area contributed by atoms with Crippen LogP contribution in [0.3, 0.4) is 0 Å². The first-order valence-electron chi connectivity index (χ1n) is 5.66. The van der Waals surface area contributed by atoms with E-state index in [4.69, 9.17) is 9.15 Å². The molecule has 2 aromatic heterocycles. The number of pyridine rings is 1. The van der Waals surface area contributed by atoms with Crippen LogP contribution in [0.5, 0.6) is 0 Å². The Balaban J connectivity index is 2.27. The fraction of sp³-hybridized carbons (Fsp3) is 0.0714. The van der Waals surface area contributed by atoms with Crippen molar-refractivity contribution in [2.45, 2.75) is 0 Å². The summed E-state index contributed by atoms with van der Waals surface area (Å²) in [6.45, 7) is 0. The van der Waals surface area contributed by atoms with Gasteiger partial charge in [-0.25, -0.2) is 9.78 Å². The topological polar surface area (TPSA) is 65.2 Å². The van der Waals surface area contributed by atoms with Gasteiger partial charge in [0.25, 0.3) is 0 Å². The first-order valence-corrected chi connectivity index (χ1v) is 5.66. The van der Waals surface area contributed by atoms with Gasteiger partial charge in [0.1, 0.15) is 5.52 Å². The lowest BCUT2D eigenvalue weighted by Crippen LogP contribution is -2.03. The summed E-state index contributed by atoms with van der Waals surface area (Å²) >= 11 is 0. The third-order valence-corrected chi connectivity index (χ3v) is 2.87. The molecule has 0 fully saturated rings. The molecule has 0 saturated heterocycles. The summed E-state index contributed by atoms with van der Waals surface area (Å²) in [5, 5.41) is 0. The van der Waals surface area contributed by atoms with Gasteiger partial charge in [-0.05, 0) is 12.1 Å². The number of hydrogen-bond acceptors (Lipinski definition) is 5. The van der Waals surface area contributed by atoms with E-state index in [1.54, 1.807) is 18.5 Å². The Morgan fingerprint density at radius 2 is 2.16 bits per heavy atom. The Kier molecular flexibility index (Phi) is 2.72. The second kappa shape index (κ2) is 4.53. The monoisotopic (exact) mass is 254 g/mol. The number of nitrogens with zero attached hydrogens (tertiary/aromatic N) is 2. The number of carbonyl (C=O) groups is 1. The molecule has 5 nitrogen and oxygen atoms in total. The zero-order valence-corrected chi connectivity index (χ0v) is 10.2. The predicted octanol–water partition coefficient (Wildman–Crippen LogP) is 2.68. The van der Waals surface area contributed by atoms with Gasteiger partial charge >= 0.3 is 5.97 Å². The van der Waals surface area contributed by atoms with Crippen LogP contribution in [0, 0.1) is 0 Å². The zero-order valence-electron chi connectivity index (χ0n) is 10.2. The number of hydrogen-bond donors (Lipinski definition) is 0. The second-order valence-corrected chi connectivity index (χ2v) is 3.92. The van der Waals surface area contributed by atoms with Crippen molar-refractivity contribution in [2.75, 3.05) is 7.11 Å². The number of carbonyl (C=O) groups excluding carboxylic acids is 1. The molecule has 0 N–H and O–H groups in total. The van der Waals surface area contributed by atoms with Gasteiger partial charge < -0.3 is 9.15 Å². The van der Waals surface area contributed by atoms with Gasteiger partial charge in [-0.1, -0.05) is 12.1 Å². The van der Waals surface area contributed by atoms with Crippen molar-refractivity contribution >= 4 is 17.1 Å². The molecule has 2 heterocycles. The van der Waals surface area contributed by atoms with Crippen LogP contribution in [0.1, 0.15) is 10.4 Å². The highest BCUT2D eigenvalue weighted by atomic mass is 16.5. The van der Waals surface area contributed by atoms with Crippen LogP contribution in [-0.4, -0.2) is 23.0 Å². The highest BCUT2D eigenvalue weighted by Crippen LogP contribution is 2.30. The van der Waals surface area contributed by atoms with Crippen molar-refractivity contribution in [3.63, 3.8) is 0 Å². The standard InChI is InChI=1S/C14H10N2O3/c1-18-14(17)10-5-6-15-7-11(10)9-3-2-4-12-13(9)19-8-16-12/h2-8H,1H3. The Bertz CT molecular complexity index is 749. The van der Waals surface area contributed by atoms with Crippen molar-refractivity contribution in [3.8, 4) is 11.1 Å². The smallest absolute Gasteiger partial charge is 0.338 e. The number of oxazole rings is 1. The van der Waals surface area contributed by atoms with E-state index >= 15 is 0 Å². The molecule has 0 atom stereocenters. The number of fused-ring (bicyclic) bond motifs is 1. The molecule has 0 bridgehead atoms. The first kappa shape index (κ1) is 11.4. The summed E-state index contributed by atoms with van der Waals surface area (Å²) in [5.74, 6) is -0.408. The number of benzene rings is 1. The number of ether oxygens (including phenoxy) is 1. The largest absolute Gasteiger partial charge is 0.465 e. The minimum Gasteiger partial charge on any atom is -0.465 e. The number of methoxy groups -OCH3 is 1. The molecule has 19 heavy (non-hydrogen) atoms. The van der Waals surface area contributed by atoms with Crippen molar-refractivity contribution in [2.24, 2.45) is 0 Å². The quantitative estimate of drug-likeness (QED) is 0.658. The van der Waals surface area contributed by atoms with Crippen LogP contribution in [0.25, 0.3) is 22.2 Å². The lowest BCUT2D eigenvalue weighted by molar-refractivity contribution is 0.0601. The maximum Gasteiger partial charge on any atom is 0.338 e. The predicted molar refractivity (Wildman–Crippen MR) is 68.6 cm³/mol. The van der Waals surface area contributed by atoms with Gasteiger partial charge in [0.2, 0.25) is 0 Å². The van der Waals surface area contributed by atoms with Gasteiger partial charge in [0.15, 0.2) is 12.0 Å². The summed E-state index contributed by atoms with van der Waals surface area (Å²) in [6.07, 6.45) is 4.54. The van der Waals surface area contributed by atoms with Crippen LogP contribution in [0.2, 0.25) is 0 Å². The Morgan fingerprint density at radius 1 is 1.26 bits per heavy atom. The lowest BCUT2D eigenvalue weighted by atomic mass is 10.0. The molecule has 0 aliphatic carbocycles. The number of esters is 1. The van der Waals surface area contributed by atoms with Crippen LogP contribution in [0.4, 0.5) is 0 Å². The first-order chi connectivity index (χ1) is 9.31. The van der Waals surface area contributed by atoms with Crippen LogP contribution in [0.15, 0.2) is 47.5 Å². The van der Waals surface area contributed by atoms with Gasteiger partial charge in [-0.2, -0.15) is 0 Å². The normalized spacial score (nSPS) is 10.6. The molecule has 0 aliphatic heterocycles. The van der Waals surface area contributed by atoms with Crippen molar-refractivity contribution in [3.05, 3.63) is 48.6 Å². The van der Waals surface area contributed by atoms with E-state index in [1.807, 2.05) is 18.2 Å². The van der Waals surface area contributed by atoms with Crippen molar-refractivity contribution in [1.82, 2.24) is 9.97 Å². The van der Waals surface area contributed by atoms with E-state index in [1.165, 1.54) is 13.5 Å². The molecule has 3 aromatic rings. The fourth-order valence-electron chi connectivity index (χ4n) is 2.00. The molecule has 0 radical (unpaired) electrons. The van der Waals surface area contributed by atoms with Gasteiger partial charge in [-0.3, -0.25) is 4.98 Å². The third-order valence-electron chi connectivity index (χ3n) is 2.87. The third kappa shape index (κ3) is 1.85. The molecule has 0 amide bonds. The summed E-state index contributed by atoms with van der Waals surface area (Å²) < 4.78 is 10.2. The van der Waals surface area contributed by atoms with Crippen LogP contribution < -0.4 is 0 Å². The highest BCUT2D eigenvalue weighted by Gasteiger charge is 2.16. The van der Waals surface area contributed by atoms with Crippen LogP contribution >= 0.6 is 0 Å². The SMILES string of the molecule is COC(=O)c1ccncc1-c1cccc2ncoc12. The molecule has 5 heteroatoms. The van der Waals surface area contributed by atoms with E-state index < -0.39 is 5.97 Å². The van der Waals surface area contributed by atoms with Crippen LogP contribution in [-0.2, 0) is 4.74 Å². The Labute approximate surface area is 108 Å². The Morgan fingerprint density at radius 3 is 3.00 bits per heavy atom. The van der Waals surface area contributed by atoms with E-state index in [9.17, 15) is 4.79 Å². The van der Waals surface area contributed by atoms with E-state index in [2.05, 4.69) is 9.97 Å². The molecular weight excluding hydrogens is 244 g/mol. The van der Waals surface area contributed by atoms with E-state index in [-0.39, 0.29) is 0 Å². The van der Waals surface area contributed by atoms with Gasteiger partial charge in [0.05, 0.1) is 12.7 Å². The molecule has 3 rings (SSSR count). The molecule has 0 unspecified atom stereocenters. The molecule has 94 valence electrons. The minimum atomic E-state index is -0.408. The zero-order chi connectivity index (χ0) is 13.2. The minimum absolute atomic E-state index is 0.408. The number of aromatic nitrogens is 2. The molecule has 0 saturated carbocycles. The molecular formula is C14H10N2O3. The molecule has 1 aromatic carbocycles. The number of para-hydroxylation sites is 1. The van der Waals surface area contributed by atoms with E-state index in [0.29, 0.717) is 16.7 Å². The van der Waals surface area contributed by atoms with E-state index in [0.717, 1.165) is 11.1 Å². The summed E-state index contributed by atoms with van der Waals surface area (Å²) in [4.78, 5) is 19.9.